The molecule has 0 saturated carbocycles. The monoisotopic (exact) mass is 340 g/mol. The quantitative estimate of drug-likeness (QED) is 0.865. The lowest BCUT2D eigenvalue weighted by Gasteiger charge is -2.46. The van der Waals surface area contributed by atoms with Crippen LogP contribution in [0.15, 0.2) is 29.2 Å². The minimum atomic E-state index is -3.53. The summed E-state index contributed by atoms with van der Waals surface area (Å²) in [6.07, 6.45) is 1.51. The first-order chi connectivity index (χ1) is 10.5. The zero-order valence-corrected chi connectivity index (χ0v) is 15.5. The van der Waals surface area contributed by atoms with Crippen molar-refractivity contribution in [2.24, 2.45) is 0 Å². The summed E-state index contributed by atoms with van der Waals surface area (Å²) in [6.45, 7) is 10.9. The molecule has 1 aliphatic heterocycles. The Hall–Kier alpha value is -1.11. The Morgan fingerprint density at radius 1 is 1.13 bits per heavy atom. The van der Waals surface area contributed by atoms with E-state index >= 15 is 0 Å². The second-order valence-corrected chi connectivity index (χ2v) is 9.24. The van der Waals surface area contributed by atoms with Gasteiger partial charge >= 0.3 is 0 Å². The van der Waals surface area contributed by atoms with E-state index in [9.17, 15) is 8.42 Å². The first kappa shape index (κ1) is 18.2. The van der Waals surface area contributed by atoms with Gasteiger partial charge in [-0.1, -0.05) is 0 Å². The zero-order chi connectivity index (χ0) is 17.3. The molecular formula is C17H28N2O3S. The van der Waals surface area contributed by atoms with Crippen molar-refractivity contribution in [3.63, 3.8) is 0 Å². The van der Waals surface area contributed by atoms with E-state index in [1.807, 2.05) is 6.92 Å². The highest BCUT2D eigenvalue weighted by Crippen LogP contribution is 2.29. The van der Waals surface area contributed by atoms with Crippen molar-refractivity contribution in [3.8, 4) is 5.75 Å². The first-order valence-electron chi connectivity index (χ1n) is 8.08. The number of sulfonamides is 1. The third-order valence-electron chi connectivity index (χ3n) is 3.96. The van der Waals surface area contributed by atoms with Crippen molar-refractivity contribution in [2.75, 3.05) is 6.61 Å². The molecule has 1 heterocycles. The SMILES string of the molecule is CCOc1ccc(S(=O)(=O)NC2CC(C)(C)NC(C)(C)C2)cc1. The molecule has 0 aliphatic carbocycles. The van der Waals surface area contributed by atoms with E-state index in [4.69, 9.17) is 4.74 Å². The molecule has 1 aromatic rings. The van der Waals surface area contributed by atoms with Crippen LogP contribution < -0.4 is 14.8 Å². The van der Waals surface area contributed by atoms with Gasteiger partial charge in [-0.05, 0) is 71.7 Å². The molecule has 1 saturated heterocycles. The fraction of sp³-hybridized carbons (Fsp3) is 0.647. The van der Waals surface area contributed by atoms with Crippen LogP contribution in [0.5, 0.6) is 5.75 Å². The maximum Gasteiger partial charge on any atom is 0.240 e. The Labute approximate surface area is 139 Å². The van der Waals surface area contributed by atoms with E-state index in [0.717, 1.165) is 12.8 Å². The number of benzene rings is 1. The molecule has 2 rings (SSSR count). The van der Waals surface area contributed by atoms with Gasteiger partial charge < -0.3 is 10.1 Å². The number of rotatable bonds is 5. The third kappa shape index (κ3) is 4.93. The Morgan fingerprint density at radius 2 is 1.65 bits per heavy atom. The van der Waals surface area contributed by atoms with Gasteiger partial charge in [0.05, 0.1) is 11.5 Å². The predicted octanol–water partition coefficient (Wildman–Crippen LogP) is 2.67. The van der Waals surface area contributed by atoms with Crippen LogP contribution in [0.1, 0.15) is 47.5 Å². The summed E-state index contributed by atoms with van der Waals surface area (Å²) in [5.41, 5.74) is -0.207. The summed E-state index contributed by atoms with van der Waals surface area (Å²) in [4.78, 5) is 0.273. The van der Waals surface area contributed by atoms with Crippen LogP contribution in [0.25, 0.3) is 0 Å². The van der Waals surface area contributed by atoms with Gasteiger partial charge in [0, 0.05) is 17.1 Å². The molecular weight excluding hydrogens is 312 g/mol. The Bertz CT molecular complexity index is 620. The number of hydrogen-bond acceptors (Lipinski definition) is 4. The van der Waals surface area contributed by atoms with E-state index in [1.165, 1.54) is 0 Å². The molecule has 0 radical (unpaired) electrons. The molecule has 1 aliphatic rings. The highest BCUT2D eigenvalue weighted by atomic mass is 32.2. The van der Waals surface area contributed by atoms with Crippen molar-refractivity contribution < 1.29 is 13.2 Å². The minimum Gasteiger partial charge on any atom is -0.494 e. The highest BCUT2D eigenvalue weighted by molar-refractivity contribution is 7.89. The molecule has 23 heavy (non-hydrogen) atoms. The molecule has 0 atom stereocenters. The summed E-state index contributed by atoms with van der Waals surface area (Å²) in [5, 5.41) is 3.56. The van der Waals surface area contributed by atoms with Crippen LogP contribution in [0.4, 0.5) is 0 Å². The summed E-state index contributed by atoms with van der Waals surface area (Å²) in [6, 6.07) is 6.47. The second-order valence-electron chi connectivity index (χ2n) is 7.52. The normalized spacial score (nSPS) is 21.1. The molecule has 6 heteroatoms. The number of ether oxygens (including phenoxy) is 1. The van der Waals surface area contributed by atoms with Crippen LogP contribution in [0.3, 0.4) is 0 Å². The minimum absolute atomic E-state index is 0.0854. The summed E-state index contributed by atoms with van der Waals surface area (Å²) in [5.74, 6) is 0.676. The highest BCUT2D eigenvalue weighted by Gasteiger charge is 2.39. The number of piperidine rings is 1. The van der Waals surface area contributed by atoms with E-state index in [1.54, 1.807) is 24.3 Å². The van der Waals surface area contributed by atoms with E-state index < -0.39 is 10.0 Å². The second kappa shape index (κ2) is 6.42. The van der Waals surface area contributed by atoms with Crippen LogP contribution in [-0.2, 0) is 10.0 Å². The summed E-state index contributed by atoms with van der Waals surface area (Å²) in [7, 11) is -3.53. The van der Waals surface area contributed by atoms with Crippen LogP contribution in [0, 0.1) is 0 Å². The molecule has 1 fully saturated rings. The largest absolute Gasteiger partial charge is 0.494 e. The maximum atomic E-state index is 12.6. The number of hydrogen-bond donors (Lipinski definition) is 2. The Kier molecular flexibility index (Phi) is 5.09. The van der Waals surface area contributed by atoms with Crippen molar-refractivity contribution in [2.45, 2.75) is 69.5 Å². The number of nitrogens with one attached hydrogen (secondary N) is 2. The van der Waals surface area contributed by atoms with Gasteiger partial charge in [0.1, 0.15) is 5.75 Å². The van der Waals surface area contributed by atoms with Crippen LogP contribution >= 0.6 is 0 Å². The van der Waals surface area contributed by atoms with Crippen molar-refractivity contribution in [3.05, 3.63) is 24.3 Å². The molecule has 2 N–H and O–H groups in total. The molecule has 0 bridgehead atoms. The van der Waals surface area contributed by atoms with Gasteiger partial charge in [-0.15, -0.1) is 0 Å². The average molecular weight is 340 g/mol. The van der Waals surface area contributed by atoms with Gasteiger partial charge in [0.15, 0.2) is 0 Å². The Morgan fingerprint density at radius 3 is 2.13 bits per heavy atom. The standard InChI is InChI=1S/C17H28N2O3S/c1-6-22-14-7-9-15(10-8-14)23(20,21)18-13-11-16(2,3)19-17(4,5)12-13/h7-10,13,18-19H,6,11-12H2,1-5H3. The Balaban J connectivity index is 2.14. The zero-order valence-electron chi connectivity index (χ0n) is 14.6. The molecule has 0 amide bonds. The lowest BCUT2D eigenvalue weighted by molar-refractivity contribution is 0.157. The third-order valence-corrected chi connectivity index (χ3v) is 5.49. The molecule has 0 unspecified atom stereocenters. The fourth-order valence-corrected chi connectivity index (χ4v) is 4.81. The van der Waals surface area contributed by atoms with Crippen LogP contribution in [0.2, 0.25) is 0 Å². The van der Waals surface area contributed by atoms with Crippen LogP contribution in [-0.4, -0.2) is 32.1 Å². The summed E-state index contributed by atoms with van der Waals surface area (Å²) >= 11 is 0. The molecule has 0 spiro atoms. The molecule has 0 aromatic heterocycles. The molecule has 130 valence electrons. The average Bonchev–Trinajstić information content (AvgIpc) is 2.35. The van der Waals surface area contributed by atoms with Crippen molar-refractivity contribution >= 4 is 10.0 Å². The summed E-state index contributed by atoms with van der Waals surface area (Å²) < 4.78 is 33.5. The van der Waals surface area contributed by atoms with Crippen molar-refractivity contribution in [1.29, 1.82) is 0 Å². The smallest absolute Gasteiger partial charge is 0.240 e. The maximum absolute atomic E-state index is 12.6. The molecule has 5 nitrogen and oxygen atoms in total. The van der Waals surface area contributed by atoms with Gasteiger partial charge in [-0.3, -0.25) is 0 Å². The fourth-order valence-electron chi connectivity index (χ4n) is 3.57. The van der Waals surface area contributed by atoms with E-state index in [2.05, 4.69) is 37.7 Å². The molecule has 1 aromatic carbocycles. The first-order valence-corrected chi connectivity index (χ1v) is 9.56. The van der Waals surface area contributed by atoms with Gasteiger partial charge in [-0.25, -0.2) is 13.1 Å². The lowest BCUT2D eigenvalue weighted by Crippen LogP contribution is -2.62. The van der Waals surface area contributed by atoms with E-state index in [-0.39, 0.29) is 22.0 Å². The lowest BCUT2D eigenvalue weighted by atomic mass is 9.80. The van der Waals surface area contributed by atoms with E-state index in [0.29, 0.717) is 12.4 Å². The topological polar surface area (TPSA) is 67.4 Å². The van der Waals surface area contributed by atoms with Gasteiger partial charge in [0.25, 0.3) is 0 Å². The van der Waals surface area contributed by atoms with Gasteiger partial charge in [0.2, 0.25) is 10.0 Å². The van der Waals surface area contributed by atoms with Crippen molar-refractivity contribution in [1.82, 2.24) is 10.0 Å². The predicted molar refractivity (Wildman–Crippen MR) is 92.2 cm³/mol. The van der Waals surface area contributed by atoms with Gasteiger partial charge in [-0.2, -0.15) is 0 Å².